The van der Waals surface area contributed by atoms with Crippen LogP contribution in [0.5, 0.6) is 0 Å². The van der Waals surface area contributed by atoms with Gasteiger partial charge < -0.3 is 14.7 Å². The zero-order chi connectivity index (χ0) is 17.7. The maximum atomic E-state index is 6.03. The van der Waals surface area contributed by atoms with Gasteiger partial charge in [0.1, 0.15) is 0 Å². The highest BCUT2D eigenvalue weighted by Crippen LogP contribution is 2.19. The van der Waals surface area contributed by atoms with Gasteiger partial charge in [0, 0.05) is 31.1 Å². The molecule has 0 amide bonds. The first-order valence-corrected chi connectivity index (χ1v) is 8.16. The summed E-state index contributed by atoms with van der Waals surface area (Å²) >= 11 is 6.03. The third-order valence-electron chi connectivity index (χ3n) is 3.40. The van der Waals surface area contributed by atoms with Crippen LogP contribution in [0.2, 0.25) is 5.02 Å². The second-order valence-electron chi connectivity index (χ2n) is 6.65. The first-order chi connectivity index (χ1) is 11.3. The van der Waals surface area contributed by atoms with Crippen molar-refractivity contribution in [1.82, 2.24) is 20.4 Å². The zero-order valence-electron chi connectivity index (χ0n) is 14.8. The van der Waals surface area contributed by atoms with E-state index in [1.165, 1.54) is 0 Å². The minimum Gasteiger partial charge on any atom is -0.349 e. The number of rotatable bonds is 4. The van der Waals surface area contributed by atoms with Crippen molar-refractivity contribution in [3.63, 3.8) is 0 Å². The highest BCUT2D eigenvalue weighted by molar-refractivity contribution is 6.30. The number of benzene rings is 1. The van der Waals surface area contributed by atoms with Gasteiger partial charge >= 0.3 is 0 Å². The maximum Gasteiger partial charge on any atom is 0.232 e. The zero-order valence-corrected chi connectivity index (χ0v) is 15.6. The Morgan fingerprint density at radius 2 is 2.12 bits per heavy atom. The Balaban J connectivity index is 1.95. The lowest BCUT2D eigenvalue weighted by Crippen LogP contribution is -2.38. The molecule has 0 aliphatic carbocycles. The summed E-state index contributed by atoms with van der Waals surface area (Å²) in [6, 6.07) is 7.78. The van der Waals surface area contributed by atoms with Crippen molar-refractivity contribution < 1.29 is 4.52 Å². The predicted molar refractivity (Wildman–Crippen MR) is 96.1 cm³/mol. The standard InChI is InChI=1S/C17H24ClN5O/c1-17(2,3)15-21-14(22-24-15)10-20-16(19-4)23(5)11-12-7-6-8-13(18)9-12/h6-9H,10-11H2,1-5H3,(H,19,20). The summed E-state index contributed by atoms with van der Waals surface area (Å²) in [5.41, 5.74) is 0.957. The molecule has 7 heteroatoms. The van der Waals surface area contributed by atoms with E-state index < -0.39 is 0 Å². The van der Waals surface area contributed by atoms with Gasteiger partial charge in [0.05, 0.1) is 6.54 Å². The molecule has 0 fully saturated rings. The van der Waals surface area contributed by atoms with Crippen LogP contribution >= 0.6 is 11.6 Å². The number of hydrogen-bond donors (Lipinski definition) is 1. The van der Waals surface area contributed by atoms with E-state index in [0.717, 1.165) is 16.5 Å². The van der Waals surface area contributed by atoms with Gasteiger partial charge in [-0.3, -0.25) is 4.99 Å². The quantitative estimate of drug-likeness (QED) is 0.678. The smallest absolute Gasteiger partial charge is 0.232 e. The molecule has 0 spiro atoms. The van der Waals surface area contributed by atoms with E-state index >= 15 is 0 Å². The fourth-order valence-electron chi connectivity index (χ4n) is 2.16. The van der Waals surface area contributed by atoms with E-state index in [4.69, 9.17) is 16.1 Å². The molecule has 130 valence electrons. The molecule has 0 radical (unpaired) electrons. The number of hydrogen-bond acceptors (Lipinski definition) is 4. The van der Waals surface area contributed by atoms with E-state index in [1.54, 1.807) is 7.05 Å². The fourth-order valence-corrected chi connectivity index (χ4v) is 2.37. The van der Waals surface area contributed by atoms with Gasteiger partial charge in [-0.05, 0) is 17.7 Å². The molecule has 2 aromatic rings. The van der Waals surface area contributed by atoms with Crippen LogP contribution in [0, 0.1) is 0 Å². The van der Waals surface area contributed by atoms with Crippen LogP contribution < -0.4 is 5.32 Å². The number of nitrogens with zero attached hydrogens (tertiary/aromatic N) is 4. The molecule has 1 aromatic heterocycles. The largest absolute Gasteiger partial charge is 0.349 e. The predicted octanol–water partition coefficient (Wildman–Crippen LogP) is 3.23. The van der Waals surface area contributed by atoms with Crippen LogP contribution in [-0.4, -0.2) is 35.1 Å². The van der Waals surface area contributed by atoms with Crippen molar-refractivity contribution in [3.8, 4) is 0 Å². The Morgan fingerprint density at radius 1 is 1.38 bits per heavy atom. The molecule has 1 heterocycles. The van der Waals surface area contributed by atoms with Gasteiger partial charge in [0.15, 0.2) is 11.8 Å². The third kappa shape index (κ3) is 4.96. The summed E-state index contributed by atoms with van der Waals surface area (Å²) in [6.07, 6.45) is 0. The maximum absolute atomic E-state index is 6.03. The number of aromatic nitrogens is 2. The van der Waals surface area contributed by atoms with Gasteiger partial charge in [0.25, 0.3) is 0 Å². The molecule has 1 aromatic carbocycles. The van der Waals surface area contributed by atoms with E-state index in [1.807, 2.05) is 57.0 Å². The van der Waals surface area contributed by atoms with E-state index in [0.29, 0.717) is 24.8 Å². The Hall–Kier alpha value is -2.08. The van der Waals surface area contributed by atoms with E-state index in [9.17, 15) is 0 Å². The van der Waals surface area contributed by atoms with Crippen LogP contribution in [0.1, 0.15) is 38.0 Å². The van der Waals surface area contributed by atoms with Crippen LogP contribution in [0.3, 0.4) is 0 Å². The molecule has 0 saturated carbocycles. The summed E-state index contributed by atoms with van der Waals surface area (Å²) < 4.78 is 5.30. The van der Waals surface area contributed by atoms with Gasteiger partial charge in [0.2, 0.25) is 5.89 Å². The van der Waals surface area contributed by atoms with Crippen molar-refractivity contribution in [2.75, 3.05) is 14.1 Å². The van der Waals surface area contributed by atoms with Crippen molar-refractivity contribution in [1.29, 1.82) is 0 Å². The third-order valence-corrected chi connectivity index (χ3v) is 3.63. The molecule has 24 heavy (non-hydrogen) atoms. The first kappa shape index (κ1) is 18.3. The minimum atomic E-state index is -0.156. The van der Waals surface area contributed by atoms with Crippen molar-refractivity contribution in [2.45, 2.75) is 39.3 Å². The molecule has 2 rings (SSSR count). The van der Waals surface area contributed by atoms with Crippen LogP contribution in [0.25, 0.3) is 0 Å². The average molecular weight is 350 g/mol. The Labute approximate surface area is 147 Å². The Morgan fingerprint density at radius 3 is 2.71 bits per heavy atom. The van der Waals surface area contributed by atoms with Gasteiger partial charge in [-0.25, -0.2) is 0 Å². The Kier molecular flexibility index (Phi) is 5.83. The summed E-state index contributed by atoms with van der Waals surface area (Å²) in [6.45, 7) is 7.26. The summed E-state index contributed by atoms with van der Waals surface area (Å²) in [7, 11) is 3.71. The van der Waals surface area contributed by atoms with E-state index in [2.05, 4.69) is 20.4 Å². The lowest BCUT2D eigenvalue weighted by Gasteiger charge is -2.21. The number of nitrogens with one attached hydrogen (secondary N) is 1. The average Bonchev–Trinajstić information content (AvgIpc) is 2.97. The Bertz CT molecular complexity index is 705. The lowest BCUT2D eigenvalue weighted by atomic mass is 9.97. The molecular weight excluding hydrogens is 326 g/mol. The molecular formula is C17H24ClN5O. The minimum absolute atomic E-state index is 0.156. The molecule has 6 nitrogen and oxygen atoms in total. The van der Waals surface area contributed by atoms with Crippen molar-refractivity contribution >= 4 is 17.6 Å². The SMILES string of the molecule is CN=C(NCc1noc(C(C)(C)C)n1)N(C)Cc1cccc(Cl)c1. The summed E-state index contributed by atoms with van der Waals surface area (Å²) in [5, 5.41) is 7.97. The number of guanidine groups is 1. The van der Waals surface area contributed by atoms with Gasteiger partial charge in [-0.15, -0.1) is 0 Å². The molecule has 0 unspecified atom stereocenters. The summed E-state index contributed by atoms with van der Waals surface area (Å²) in [5.74, 6) is 1.98. The number of aliphatic imine (C=N–C) groups is 1. The number of halogens is 1. The van der Waals surface area contributed by atoms with E-state index in [-0.39, 0.29) is 5.41 Å². The fraction of sp³-hybridized carbons (Fsp3) is 0.471. The molecule has 0 saturated heterocycles. The molecule has 0 aliphatic rings. The second-order valence-corrected chi connectivity index (χ2v) is 7.09. The molecule has 0 aliphatic heterocycles. The molecule has 0 bridgehead atoms. The molecule has 0 atom stereocenters. The van der Waals surface area contributed by atoms with Crippen molar-refractivity contribution in [3.05, 3.63) is 46.6 Å². The highest BCUT2D eigenvalue weighted by atomic mass is 35.5. The normalized spacial score (nSPS) is 12.3. The summed E-state index contributed by atoms with van der Waals surface area (Å²) in [4.78, 5) is 10.7. The van der Waals surface area contributed by atoms with Gasteiger partial charge in [-0.2, -0.15) is 4.98 Å². The van der Waals surface area contributed by atoms with Crippen LogP contribution in [0.15, 0.2) is 33.8 Å². The van der Waals surface area contributed by atoms with Crippen LogP contribution in [0.4, 0.5) is 0 Å². The van der Waals surface area contributed by atoms with Crippen LogP contribution in [-0.2, 0) is 18.5 Å². The monoisotopic (exact) mass is 349 g/mol. The van der Waals surface area contributed by atoms with Gasteiger partial charge in [-0.1, -0.05) is 49.7 Å². The van der Waals surface area contributed by atoms with Crippen molar-refractivity contribution in [2.24, 2.45) is 4.99 Å². The second kappa shape index (κ2) is 7.66. The highest BCUT2D eigenvalue weighted by Gasteiger charge is 2.21. The molecule has 1 N–H and O–H groups in total. The first-order valence-electron chi connectivity index (χ1n) is 7.79. The topological polar surface area (TPSA) is 66.5 Å². The lowest BCUT2D eigenvalue weighted by molar-refractivity contribution is 0.318.